The van der Waals surface area contributed by atoms with E-state index in [9.17, 15) is 4.79 Å². The molecule has 0 saturated carbocycles. The number of thiazole rings is 1. The van der Waals surface area contributed by atoms with E-state index in [1.54, 1.807) is 0 Å². The predicted molar refractivity (Wildman–Crippen MR) is 89.5 cm³/mol. The van der Waals surface area contributed by atoms with E-state index < -0.39 is 0 Å². The van der Waals surface area contributed by atoms with E-state index in [-0.39, 0.29) is 12.5 Å². The van der Waals surface area contributed by atoms with Crippen LogP contribution < -0.4 is 10.1 Å². The zero-order valence-corrected chi connectivity index (χ0v) is 14.2. The van der Waals surface area contributed by atoms with Gasteiger partial charge in [-0.1, -0.05) is 6.07 Å². The smallest absolute Gasteiger partial charge is 0.264 e. The van der Waals surface area contributed by atoms with Gasteiger partial charge in [0.1, 0.15) is 5.75 Å². The van der Waals surface area contributed by atoms with Crippen molar-refractivity contribution in [1.29, 1.82) is 0 Å². The Hall–Kier alpha value is -1.92. The first kappa shape index (κ1) is 16.5. The Morgan fingerprint density at radius 3 is 2.59 bits per heavy atom. The van der Waals surface area contributed by atoms with Crippen molar-refractivity contribution in [2.45, 2.75) is 20.4 Å². The first-order valence-corrected chi connectivity index (χ1v) is 7.90. The van der Waals surface area contributed by atoms with Crippen LogP contribution in [-0.2, 0) is 11.3 Å². The van der Waals surface area contributed by atoms with Gasteiger partial charge >= 0.3 is 0 Å². The summed E-state index contributed by atoms with van der Waals surface area (Å²) in [5.41, 5.74) is 3.17. The van der Waals surface area contributed by atoms with E-state index in [1.807, 2.05) is 50.4 Å². The molecular weight excluding hydrogens is 298 g/mol. The number of anilines is 1. The van der Waals surface area contributed by atoms with E-state index in [4.69, 9.17) is 4.74 Å². The van der Waals surface area contributed by atoms with E-state index in [0.29, 0.717) is 10.9 Å². The summed E-state index contributed by atoms with van der Waals surface area (Å²) >= 11 is 1.42. The number of nitrogens with zero attached hydrogens (tertiary/aromatic N) is 2. The molecule has 0 radical (unpaired) electrons. The molecule has 0 aliphatic heterocycles. The molecule has 1 N–H and O–H groups in total. The van der Waals surface area contributed by atoms with Crippen molar-refractivity contribution in [2.24, 2.45) is 0 Å². The maximum Gasteiger partial charge on any atom is 0.264 e. The van der Waals surface area contributed by atoms with Crippen molar-refractivity contribution < 1.29 is 9.53 Å². The molecule has 22 heavy (non-hydrogen) atoms. The number of aryl methyl sites for hydroxylation is 2. The van der Waals surface area contributed by atoms with Crippen molar-refractivity contribution in [1.82, 2.24) is 9.88 Å². The highest BCUT2D eigenvalue weighted by Gasteiger charge is 2.08. The standard InChI is InChI=1S/C16H21N3O2S/c1-11-5-12(2)7-14(6-11)21-9-15(20)18-16-17-13(10-22-16)8-19(3)4/h5-7,10H,8-9H2,1-4H3,(H,17,18,20). The summed E-state index contributed by atoms with van der Waals surface area (Å²) in [6, 6.07) is 5.90. The average Bonchev–Trinajstić information content (AvgIpc) is 2.81. The lowest BCUT2D eigenvalue weighted by atomic mass is 10.1. The number of benzene rings is 1. The fraction of sp³-hybridized carbons (Fsp3) is 0.375. The van der Waals surface area contributed by atoms with Gasteiger partial charge in [0.2, 0.25) is 0 Å². The van der Waals surface area contributed by atoms with Crippen LogP contribution in [0.25, 0.3) is 0 Å². The number of aromatic nitrogens is 1. The molecule has 2 aromatic rings. The van der Waals surface area contributed by atoms with Gasteiger partial charge in [-0.05, 0) is 51.2 Å². The van der Waals surface area contributed by atoms with Gasteiger partial charge in [0.15, 0.2) is 11.7 Å². The van der Waals surface area contributed by atoms with Crippen molar-refractivity contribution in [3.8, 4) is 5.75 Å². The molecular formula is C16H21N3O2S. The second kappa shape index (κ2) is 7.38. The van der Waals surface area contributed by atoms with E-state index in [1.165, 1.54) is 11.3 Å². The lowest BCUT2D eigenvalue weighted by molar-refractivity contribution is -0.118. The molecule has 5 nitrogen and oxygen atoms in total. The molecule has 118 valence electrons. The first-order chi connectivity index (χ1) is 10.4. The monoisotopic (exact) mass is 319 g/mol. The largest absolute Gasteiger partial charge is 0.484 e. The summed E-state index contributed by atoms with van der Waals surface area (Å²) < 4.78 is 5.53. The second-order valence-electron chi connectivity index (χ2n) is 5.54. The molecule has 0 bridgehead atoms. The van der Waals surface area contributed by atoms with Crippen LogP contribution in [-0.4, -0.2) is 36.5 Å². The maximum atomic E-state index is 11.9. The van der Waals surface area contributed by atoms with Gasteiger partial charge in [-0.25, -0.2) is 4.98 Å². The fourth-order valence-electron chi connectivity index (χ4n) is 2.08. The second-order valence-corrected chi connectivity index (χ2v) is 6.40. The number of amides is 1. The lowest BCUT2D eigenvalue weighted by Crippen LogP contribution is -2.20. The molecule has 1 heterocycles. The van der Waals surface area contributed by atoms with Crippen LogP contribution in [0.5, 0.6) is 5.75 Å². The number of ether oxygens (including phenoxy) is 1. The summed E-state index contributed by atoms with van der Waals surface area (Å²) in [5.74, 6) is 0.505. The van der Waals surface area contributed by atoms with E-state index in [2.05, 4.69) is 16.4 Å². The molecule has 0 aliphatic carbocycles. The third-order valence-electron chi connectivity index (χ3n) is 2.84. The number of rotatable bonds is 6. The minimum absolute atomic E-state index is 0.0223. The number of carbonyl (C=O) groups excluding carboxylic acids is 1. The van der Waals surface area contributed by atoms with Crippen LogP contribution in [0.15, 0.2) is 23.6 Å². The molecule has 2 rings (SSSR count). The molecule has 0 fully saturated rings. The summed E-state index contributed by atoms with van der Waals surface area (Å²) in [7, 11) is 3.96. The number of nitrogens with one attached hydrogen (secondary N) is 1. The lowest BCUT2D eigenvalue weighted by Gasteiger charge is -2.08. The van der Waals surface area contributed by atoms with Gasteiger partial charge in [0, 0.05) is 11.9 Å². The molecule has 0 unspecified atom stereocenters. The molecule has 1 aromatic heterocycles. The summed E-state index contributed by atoms with van der Waals surface area (Å²) in [4.78, 5) is 18.3. The highest BCUT2D eigenvalue weighted by molar-refractivity contribution is 7.13. The van der Waals surface area contributed by atoms with Crippen molar-refractivity contribution in [3.05, 3.63) is 40.4 Å². The Labute approximate surface area is 134 Å². The Morgan fingerprint density at radius 1 is 1.27 bits per heavy atom. The quantitative estimate of drug-likeness (QED) is 0.889. The molecule has 0 saturated heterocycles. The average molecular weight is 319 g/mol. The normalized spacial score (nSPS) is 10.8. The van der Waals surface area contributed by atoms with E-state index >= 15 is 0 Å². The molecule has 6 heteroatoms. The van der Waals surface area contributed by atoms with Gasteiger partial charge in [-0.2, -0.15) is 0 Å². The van der Waals surface area contributed by atoms with Crippen molar-refractivity contribution in [2.75, 3.05) is 26.0 Å². The van der Waals surface area contributed by atoms with Crippen LogP contribution in [0, 0.1) is 13.8 Å². The molecule has 0 aliphatic rings. The highest BCUT2D eigenvalue weighted by atomic mass is 32.1. The van der Waals surface area contributed by atoms with Crippen LogP contribution in [0.4, 0.5) is 5.13 Å². The minimum atomic E-state index is -0.204. The Kier molecular flexibility index (Phi) is 5.51. The van der Waals surface area contributed by atoms with Crippen LogP contribution in [0.3, 0.4) is 0 Å². The summed E-state index contributed by atoms with van der Waals surface area (Å²) in [6.45, 7) is 4.74. The number of carbonyl (C=O) groups is 1. The van der Waals surface area contributed by atoms with Gasteiger partial charge in [0.25, 0.3) is 5.91 Å². The van der Waals surface area contributed by atoms with Crippen LogP contribution in [0.2, 0.25) is 0 Å². The van der Waals surface area contributed by atoms with Gasteiger partial charge in [-0.3, -0.25) is 10.1 Å². The van der Waals surface area contributed by atoms with Gasteiger partial charge in [-0.15, -0.1) is 11.3 Å². The van der Waals surface area contributed by atoms with Crippen LogP contribution >= 0.6 is 11.3 Å². The molecule has 0 atom stereocenters. The highest BCUT2D eigenvalue weighted by Crippen LogP contribution is 2.18. The first-order valence-electron chi connectivity index (χ1n) is 7.02. The topological polar surface area (TPSA) is 54.5 Å². The molecule has 1 aromatic carbocycles. The van der Waals surface area contributed by atoms with Gasteiger partial charge in [0.05, 0.1) is 5.69 Å². The van der Waals surface area contributed by atoms with E-state index in [0.717, 1.165) is 23.4 Å². The zero-order chi connectivity index (χ0) is 16.1. The minimum Gasteiger partial charge on any atom is -0.484 e. The third kappa shape index (κ3) is 5.13. The molecule has 0 spiro atoms. The van der Waals surface area contributed by atoms with Crippen LogP contribution in [0.1, 0.15) is 16.8 Å². The summed E-state index contributed by atoms with van der Waals surface area (Å²) in [5, 5.41) is 5.31. The maximum absolute atomic E-state index is 11.9. The Bertz CT molecular complexity index is 632. The SMILES string of the molecule is Cc1cc(C)cc(OCC(=O)Nc2nc(CN(C)C)cs2)c1. The number of hydrogen-bond acceptors (Lipinski definition) is 5. The molecule has 1 amide bonds. The third-order valence-corrected chi connectivity index (χ3v) is 3.65. The zero-order valence-electron chi connectivity index (χ0n) is 13.3. The Morgan fingerprint density at radius 2 is 1.95 bits per heavy atom. The predicted octanol–water partition coefficient (Wildman–Crippen LogP) is 2.84. The van der Waals surface area contributed by atoms with Crippen molar-refractivity contribution >= 4 is 22.4 Å². The van der Waals surface area contributed by atoms with Crippen molar-refractivity contribution in [3.63, 3.8) is 0 Å². The number of hydrogen-bond donors (Lipinski definition) is 1. The fourth-order valence-corrected chi connectivity index (χ4v) is 2.80. The summed E-state index contributed by atoms with van der Waals surface area (Å²) in [6.07, 6.45) is 0. The Balaban J connectivity index is 1.86. The van der Waals surface area contributed by atoms with Gasteiger partial charge < -0.3 is 9.64 Å².